The summed E-state index contributed by atoms with van der Waals surface area (Å²) in [4.78, 5) is 25.5. The number of amides is 1. The molecule has 2 saturated heterocycles. The summed E-state index contributed by atoms with van der Waals surface area (Å²) in [5.41, 5.74) is 5.00. The molecule has 0 unspecified atom stereocenters. The lowest BCUT2D eigenvalue weighted by atomic mass is 9.69. The van der Waals surface area contributed by atoms with Gasteiger partial charge in [-0.2, -0.15) is 0 Å². The third kappa shape index (κ3) is 5.07. The first-order valence-corrected chi connectivity index (χ1v) is 15.0. The summed E-state index contributed by atoms with van der Waals surface area (Å²) in [7, 11) is 0. The van der Waals surface area contributed by atoms with Gasteiger partial charge in [0.15, 0.2) is 0 Å². The fourth-order valence-electron chi connectivity index (χ4n) is 7.60. The molecule has 3 aliphatic rings. The maximum atomic E-state index is 14.1. The zero-order chi connectivity index (χ0) is 27.1. The van der Waals surface area contributed by atoms with Crippen molar-refractivity contribution in [3.8, 4) is 0 Å². The maximum Gasteiger partial charge on any atom is 0.227 e. The van der Waals surface area contributed by atoms with E-state index in [1.807, 2.05) is 24.5 Å². The van der Waals surface area contributed by atoms with Crippen LogP contribution in [0.5, 0.6) is 0 Å². The van der Waals surface area contributed by atoms with Gasteiger partial charge in [-0.25, -0.2) is 9.61 Å². The minimum atomic E-state index is 0.123. The number of fused-ring (bicyclic) bond motifs is 3. The third-order valence-electron chi connectivity index (χ3n) is 9.55. The van der Waals surface area contributed by atoms with E-state index in [-0.39, 0.29) is 5.92 Å². The molecule has 0 N–H and O–H groups in total. The number of hydrogen-bond acceptors (Lipinski definition) is 7. The minimum Gasteiger partial charge on any atom is -0.368 e. The van der Waals surface area contributed by atoms with Gasteiger partial charge in [-0.3, -0.25) is 4.79 Å². The van der Waals surface area contributed by atoms with Gasteiger partial charge < -0.3 is 19.1 Å². The number of hydrogen-bond donors (Lipinski definition) is 0. The van der Waals surface area contributed by atoms with Crippen LogP contribution in [0.15, 0.2) is 53.6 Å². The maximum absolute atomic E-state index is 14.1. The molecule has 0 bridgehead atoms. The van der Waals surface area contributed by atoms with Crippen LogP contribution >= 0.6 is 0 Å². The molecule has 1 saturated carbocycles. The van der Waals surface area contributed by atoms with Crippen molar-refractivity contribution in [3.05, 3.63) is 54.5 Å². The van der Waals surface area contributed by atoms with Gasteiger partial charge in [0.1, 0.15) is 16.7 Å². The second-order valence-corrected chi connectivity index (χ2v) is 12.3. The molecule has 1 aliphatic carbocycles. The van der Waals surface area contributed by atoms with Crippen LogP contribution in [0, 0.1) is 23.7 Å². The Bertz CT molecular complexity index is 1470. The number of imidazole rings is 1. The molecule has 1 aromatic carbocycles. The molecule has 3 aromatic heterocycles. The molecule has 1 amide bonds. The van der Waals surface area contributed by atoms with Crippen LogP contribution in [0.25, 0.3) is 16.7 Å². The molecular formula is C31H39N7O2. The van der Waals surface area contributed by atoms with E-state index in [9.17, 15) is 4.79 Å². The Labute approximate surface area is 235 Å². The first kappa shape index (κ1) is 25.5. The summed E-state index contributed by atoms with van der Waals surface area (Å²) >= 11 is 0. The molecule has 9 heteroatoms. The fraction of sp³-hybridized carbons (Fsp3) is 0.548. The standard InChI is InChI=1S/C31H39N7O2/c1-22(16-23-6-9-30-32-10-11-38(30)19-23)18-35-20-24-4-2-3-5-26(24)27(21-35)31(39)37-14-12-36(13-15-37)25-7-8-28-29(17-25)34-40-33-28/h6-11,17,19,22,24,26-27H,2-5,12-16,18,20-21H2,1H3/t22-,24+,26-,27+/m0/s1. The van der Waals surface area contributed by atoms with Crippen LogP contribution in [0.2, 0.25) is 0 Å². The van der Waals surface area contributed by atoms with Crippen LogP contribution < -0.4 is 4.90 Å². The molecule has 9 nitrogen and oxygen atoms in total. The molecule has 40 heavy (non-hydrogen) atoms. The Morgan fingerprint density at radius 1 is 1.02 bits per heavy atom. The second-order valence-electron chi connectivity index (χ2n) is 12.3. The average molecular weight is 542 g/mol. The van der Waals surface area contributed by atoms with Crippen LogP contribution in [-0.2, 0) is 11.2 Å². The Morgan fingerprint density at radius 2 is 1.88 bits per heavy atom. The van der Waals surface area contributed by atoms with E-state index in [0.717, 1.165) is 74.6 Å². The molecule has 3 fully saturated rings. The van der Waals surface area contributed by atoms with E-state index in [0.29, 0.717) is 23.7 Å². The average Bonchev–Trinajstić information content (AvgIpc) is 3.65. The normalized spacial score (nSPS) is 24.9. The molecule has 4 aromatic rings. The van der Waals surface area contributed by atoms with Crippen molar-refractivity contribution in [1.29, 1.82) is 0 Å². The molecule has 210 valence electrons. The first-order chi connectivity index (χ1) is 19.6. The second kappa shape index (κ2) is 10.8. The third-order valence-corrected chi connectivity index (χ3v) is 9.55. The Kier molecular flexibility index (Phi) is 6.91. The molecule has 2 aliphatic heterocycles. The lowest BCUT2D eigenvalue weighted by molar-refractivity contribution is -0.142. The number of anilines is 1. The Balaban J connectivity index is 0.996. The first-order valence-electron chi connectivity index (χ1n) is 15.0. The number of carbonyl (C=O) groups is 1. The number of aromatic nitrogens is 4. The summed E-state index contributed by atoms with van der Waals surface area (Å²) in [6.07, 6.45) is 12.2. The summed E-state index contributed by atoms with van der Waals surface area (Å²) in [5.74, 6) is 2.22. The molecule has 0 spiro atoms. The van der Waals surface area contributed by atoms with Gasteiger partial charge in [0.2, 0.25) is 5.91 Å². The Morgan fingerprint density at radius 3 is 2.77 bits per heavy atom. The molecule has 7 rings (SSSR count). The van der Waals surface area contributed by atoms with Gasteiger partial charge in [0.05, 0.1) is 5.92 Å². The Hall–Kier alpha value is -3.46. The van der Waals surface area contributed by atoms with Crippen molar-refractivity contribution in [2.24, 2.45) is 23.7 Å². The lowest BCUT2D eigenvalue weighted by Gasteiger charge is -2.48. The quantitative estimate of drug-likeness (QED) is 0.363. The zero-order valence-electron chi connectivity index (χ0n) is 23.4. The van der Waals surface area contributed by atoms with E-state index in [4.69, 9.17) is 4.63 Å². The van der Waals surface area contributed by atoms with Crippen molar-refractivity contribution >= 4 is 28.3 Å². The van der Waals surface area contributed by atoms with Crippen molar-refractivity contribution < 1.29 is 9.42 Å². The highest BCUT2D eigenvalue weighted by Crippen LogP contribution is 2.40. The fourth-order valence-corrected chi connectivity index (χ4v) is 7.60. The van der Waals surface area contributed by atoms with Crippen LogP contribution in [0.3, 0.4) is 0 Å². The summed E-state index contributed by atoms with van der Waals surface area (Å²) in [5, 5.41) is 7.91. The number of benzene rings is 1. The SMILES string of the molecule is C[C@@H](Cc1ccc2nccn2c1)CN1C[C@H]2CCCC[C@@H]2[C@H](C(=O)N2CCN(c3ccc4nonc4c3)CC2)C1. The summed E-state index contributed by atoms with van der Waals surface area (Å²) in [6.45, 7) is 8.67. The van der Waals surface area contributed by atoms with E-state index in [1.54, 1.807) is 0 Å². The van der Waals surface area contributed by atoms with Crippen molar-refractivity contribution in [1.82, 2.24) is 29.5 Å². The van der Waals surface area contributed by atoms with Gasteiger partial charge in [0.25, 0.3) is 0 Å². The summed E-state index contributed by atoms with van der Waals surface area (Å²) < 4.78 is 6.97. The number of piperidine rings is 1. The number of pyridine rings is 1. The van der Waals surface area contributed by atoms with Gasteiger partial charge >= 0.3 is 0 Å². The van der Waals surface area contributed by atoms with Crippen molar-refractivity contribution in [3.63, 3.8) is 0 Å². The minimum absolute atomic E-state index is 0.123. The topological polar surface area (TPSA) is 83.0 Å². The van der Waals surface area contributed by atoms with E-state index in [1.165, 1.54) is 31.2 Å². The highest BCUT2D eigenvalue weighted by Gasteiger charge is 2.43. The number of rotatable bonds is 6. The van der Waals surface area contributed by atoms with E-state index < -0.39 is 0 Å². The monoisotopic (exact) mass is 541 g/mol. The van der Waals surface area contributed by atoms with Crippen molar-refractivity contribution in [2.45, 2.75) is 39.0 Å². The van der Waals surface area contributed by atoms with Gasteiger partial charge in [-0.15, -0.1) is 0 Å². The lowest BCUT2D eigenvalue weighted by Crippen LogP contribution is -2.57. The molecule has 5 heterocycles. The van der Waals surface area contributed by atoms with Gasteiger partial charge in [-0.05, 0) is 77.2 Å². The smallest absolute Gasteiger partial charge is 0.227 e. The van der Waals surface area contributed by atoms with E-state index in [2.05, 4.69) is 65.7 Å². The predicted molar refractivity (Wildman–Crippen MR) is 154 cm³/mol. The van der Waals surface area contributed by atoms with Crippen molar-refractivity contribution in [2.75, 3.05) is 50.7 Å². The zero-order valence-corrected chi connectivity index (χ0v) is 23.4. The van der Waals surface area contributed by atoms with Crippen LogP contribution in [0.1, 0.15) is 38.2 Å². The largest absolute Gasteiger partial charge is 0.368 e. The highest BCUT2D eigenvalue weighted by atomic mass is 16.6. The molecule has 0 radical (unpaired) electrons. The summed E-state index contributed by atoms with van der Waals surface area (Å²) in [6, 6.07) is 10.4. The number of likely N-dealkylation sites (tertiary alicyclic amines) is 1. The number of piperazine rings is 1. The number of nitrogens with zero attached hydrogens (tertiary/aromatic N) is 7. The van der Waals surface area contributed by atoms with Crippen LogP contribution in [-0.4, -0.2) is 81.2 Å². The molecule has 4 atom stereocenters. The van der Waals surface area contributed by atoms with Gasteiger partial charge in [0, 0.05) is 70.1 Å². The number of carbonyl (C=O) groups excluding carboxylic acids is 1. The molecular weight excluding hydrogens is 502 g/mol. The predicted octanol–water partition coefficient (Wildman–Crippen LogP) is 4.14. The van der Waals surface area contributed by atoms with Crippen LogP contribution in [0.4, 0.5) is 5.69 Å². The highest BCUT2D eigenvalue weighted by molar-refractivity contribution is 5.80. The van der Waals surface area contributed by atoms with E-state index >= 15 is 0 Å². The van der Waals surface area contributed by atoms with Gasteiger partial charge in [-0.1, -0.05) is 25.8 Å².